The van der Waals surface area contributed by atoms with Crippen molar-refractivity contribution in [1.82, 2.24) is 0 Å². The van der Waals surface area contributed by atoms with E-state index in [4.69, 9.17) is 0 Å². The molecule has 0 aromatic carbocycles. The van der Waals surface area contributed by atoms with Gasteiger partial charge in [-0.15, -0.1) is 0 Å². The Morgan fingerprint density at radius 1 is 0.556 bits per heavy atom. The summed E-state index contributed by atoms with van der Waals surface area (Å²) in [5.74, 6) is 0.879. The van der Waals surface area contributed by atoms with Gasteiger partial charge in [-0.1, -0.05) is 87.0 Å². The first-order valence-electron chi connectivity index (χ1n) is 8.46. The first-order chi connectivity index (χ1) is 8.46. The predicted molar refractivity (Wildman–Crippen MR) is 85.0 cm³/mol. The molecule has 0 unspecified atom stereocenters. The highest BCUT2D eigenvalue weighted by Crippen LogP contribution is 2.43. The quantitative estimate of drug-likeness (QED) is 0.400. The summed E-state index contributed by atoms with van der Waals surface area (Å²) in [4.78, 5) is 0. The normalized spacial score (nSPS) is 13.3. The Balaban J connectivity index is 4.61. The fourth-order valence-corrected chi connectivity index (χ4v) is 3.92. The van der Waals surface area contributed by atoms with E-state index in [1.165, 1.54) is 51.4 Å². The van der Waals surface area contributed by atoms with E-state index >= 15 is 0 Å². The third kappa shape index (κ3) is 4.59. The molecule has 0 aromatic heterocycles. The Bertz CT molecular complexity index is 158. The molecular weight excluding hydrogens is 216 g/mol. The van der Waals surface area contributed by atoms with E-state index in [-0.39, 0.29) is 0 Å². The lowest BCUT2D eigenvalue weighted by atomic mass is 9.67. The van der Waals surface area contributed by atoms with Gasteiger partial charge in [0.1, 0.15) is 0 Å². The summed E-state index contributed by atoms with van der Waals surface area (Å²) in [6.45, 7) is 16.8. The second kappa shape index (κ2) is 8.23. The molecule has 18 heavy (non-hydrogen) atoms. The van der Waals surface area contributed by atoms with Crippen molar-refractivity contribution in [3.8, 4) is 0 Å². The molecule has 0 radical (unpaired) electrons. The van der Waals surface area contributed by atoms with Crippen LogP contribution in [0.1, 0.15) is 99.8 Å². The van der Waals surface area contributed by atoms with Crippen LogP contribution in [0.4, 0.5) is 0 Å². The van der Waals surface area contributed by atoms with Gasteiger partial charge in [0, 0.05) is 0 Å². The molecule has 110 valence electrons. The average molecular weight is 255 g/mol. The van der Waals surface area contributed by atoms with Gasteiger partial charge < -0.3 is 0 Å². The summed E-state index contributed by atoms with van der Waals surface area (Å²) < 4.78 is 0. The van der Waals surface area contributed by atoms with Gasteiger partial charge in [-0.25, -0.2) is 0 Å². The number of rotatable bonds is 10. The van der Waals surface area contributed by atoms with Crippen LogP contribution >= 0.6 is 0 Å². The average Bonchev–Trinajstić information content (AvgIpc) is 2.42. The minimum Gasteiger partial charge on any atom is -0.0649 e. The zero-order valence-corrected chi connectivity index (χ0v) is 14.2. The summed E-state index contributed by atoms with van der Waals surface area (Å²) >= 11 is 0. The minimum absolute atomic E-state index is 0.611. The van der Waals surface area contributed by atoms with Crippen LogP contribution in [0.15, 0.2) is 0 Å². The maximum Gasteiger partial charge on any atom is -0.0303 e. The molecule has 0 saturated heterocycles. The molecule has 0 bridgehead atoms. The third-order valence-corrected chi connectivity index (χ3v) is 6.06. The Morgan fingerprint density at radius 3 is 0.944 bits per heavy atom. The molecule has 0 heterocycles. The lowest BCUT2D eigenvalue weighted by Crippen LogP contribution is -2.26. The molecule has 0 rings (SSSR count). The van der Waals surface area contributed by atoms with Crippen molar-refractivity contribution >= 4 is 0 Å². The molecular formula is C18H38. The molecule has 0 aliphatic carbocycles. The monoisotopic (exact) mass is 254 g/mol. The van der Waals surface area contributed by atoms with Gasteiger partial charge in [-0.05, 0) is 29.6 Å². The minimum atomic E-state index is 0.611. The fourth-order valence-electron chi connectivity index (χ4n) is 3.92. The van der Waals surface area contributed by atoms with Crippen LogP contribution in [0.3, 0.4) is 0 Å². The van der Waals surface area contributed by atoms with Gasteiger partial charge in [0.15, 0.2) is 0 Å². The molecule has 0 fully saturated rings. The maximum absolute atomic E-state index is 2.49. The Kier molecular flexibility index (Phi) is 8.23. The van der Waals surface area contributed by atoms with Crippen LogP contribution in [-0.2, 0) is 0 Å². The van der Waals surface area contributed by atoms with E-state index in [0.717, 1.165) is 5.92 Å². The van der Waals surface area contributed by atoms with Crippen LogP contribution < -0.4 is 0 Å². The molecule has 0 atom stereocenters. The second-order valence-electron chi connectivity index (χ2n) is 6.63. The van der Waals surface area contributed by atoms with Crippen molar-refractivity contribution in [3.05, 3.63) is 0 Å². The SMILES string of the molecule is CCC(CC)(CC)CC(C)CC(CC)(CC)CC. The summed E-state index contributed by atoms with van der Waals surface area (Å²) in [5.41, 5.74) is 1.22. The number of hydrogen-bond acceptors (Lipinski definition) is 0. The van der Waals surface area contributed by atoms with Crippen molar-refractivity contribution in [2.75, 3.05) is 0 Å². The zero-order valence-electron chi connectivity index (χ0n) is 14.2. The second-order valence-corrected chi connectivity index (χ2v) is 6.63. The smallest absolute Gasteiger partial charge is 0.0303 e. The van der Waals surface area contributed by atoms with E-state index in [0.29, 0.717) is 10.8 Å². The largest absolute Gasteiger partial charge is 0.0649 e. The van der Waals surface area contributed by atoms with Gasteiger partial charge in [-0.3, -0.25) is 0 Å². The van der Waals surface area contributed by atoms with Crippen LogP contribution in [0.5, 0.6) is 0 Å². The highest BCUT2D eigenvalue weighted by Gasteiger charge is 2.31. The van der Waals surface area contributed by atoms with Crippen molar-refractivity contribution in [2.24, 2.45) is 16.7 Å². The topological polar surface area (TPSA) is 0 Å². The van der Waals surface area contributed by atoms with Crippen LogP contribution in [0, 0.1) is 16.7 Å². The van der Waals surface area contributed by atoms with E-state index in [1.54, 1.807) is 0 Å². The van der Waals surface area contributed by atoms with E-state index in [2.05, 4.69) is 48.5 Å². The molecule has 0 heteroatoms. The molecule has 0 nitrogen and oxygen atoms in total. The summed E-state index contributed by atoms with van der Waals surface area (Å²) in [7, 11) is 0. The van der Waals surface area contributed by atoms with Crippen molar-refractivity contribution in [1.29, 1.82) is 0 Å². The molecule has 0 aliphatic rings. The van der Waals surface area contributed by atoms with Crippen LogP contribution in [0.25, 0.3) is 0 Å². The molecule has 0 amide bonds. The molecule has 0 spiro atoms. The van der Waals surface area contributed by atoms with E-state index < -0.39 is 0 Å². The van der Waals surface area contributed by atoms with Gasteiger partial charge >= 0.3 is 0 Å². The molecule has 0 saturated carbocycles. The van der Waals surface area contributed by atoms with Crippen molar-refractivity contribution in [2.45, 2.75) is 99.8 Å². The predicted octanol–water partition coefficient (Wildman–Crippen LogP) is 6.84. The molecule has 0 N–H and O–H groups in total. The Labute approximate surface area is 117 Å². The highest BCUT2D eigenvalue weighted by molar-refractivity contribution is 4.82. The Morgan fingerprint density at radius 2 is 0.778 bits per heavy atom. The van der Waals surface area contributed by atoms with Crippen molar-refractivity contribution in [3.63, 3.8) is 0 Å². The van der Waals surface area contributed by atoms with E-state index in [9.17, 15) is 0 Å². The van der Waals surface area contributed by atoms with E-state index in [1.807, 2.05) is 0 Å². The standard InChI is InChI=1S/C18H38/c1-8-17(9-2,10-3)14-16(7)15-18(11-4,12-5)13-6/h16H,8-15H2,1-7H3. The fraction of sp³-hybridized carbons (Fsp3) is 1.00. The van der Waals surface area contributed by atoms with Gasteiger partial charge in [0.25, 0.3) is 0 Å². The van der Waals surface area contributed by atoms with Gasteiger partial charge in [0.2, 0.25) is 0 Å². The van der Waals surface area contributed by atoms with Gasteiger partial charge in [0.05, 0.1) is 0 Å². The maximum atomic E-state index is 2.49. The van der Waals surface area contributed by atoms with Crippen LogP contribution in [-0.4, -0.2) is 0 Å². The highest BCUT2D eigenvalue weighted by atomic mass is 14.4. The first kappa shape index (κ1) is 18.0. The first-order valence-corrected chi connectivity index (χ1v) is 8.46. The lowest BCUT2D eigenvalue weighted by molar-refractivity contribution is 0.132. The van der Waals surface area contributed by atoms with Gasteiger partial charge in [-0.2, -0.15) is 0 Å². The number of hydrogen-bond donors (Lipinski definition) is 0. The third-order valence-electron chi connectivity index (χ3n) is 6.06. The Hall–Kier alpha value is 0. The molecule has 0 aromatic rings. The van der Waals surface area contributed by atoms with Crippen molar-refractivity contribution < 1.29 is 0 Å². The lowest BCUT2D eigenvalue weighted by Gasteiger charge is -2.38. The van der Waals surface area contributed by atoms with Crippen LogP contribution in [0.2, 0.25) is 0 Å². The molecule has 0 aliphatic heterocycles. The summed E-state index contributed by atoms with van der Waals surface area (Å²) in [6, 6.07) is 0. The summed E-state index contributed by atoms with van der Waals surface area (Å²) in [6.07, 6.45) is 11.0. The zero-order chi connectivity index (χ0) is 14.2. The summed E-state index contributed by atoms with van der Waals surface area (Å²) in [5, 5.41) is 0.